The second kappa shape index (κ2) is 3.23. The van der Waals surface area contributed by atoms with Crippen LogP contribution >= 0.6 is 0 Å². The zero-order chi connectivity index (χ0) is 11.1. The van der Waals surface area contributed by atoms with Crippen LogP contribution in [-0.2, 0) is 6.42 Å². The summed E-state index contributed by atoms with van der Waals surface area (Å²) in [4.78, 5) is 0. The lowest BCUT2D eigenvalue weighted by Crippen LogP contribution is -2.15. The highest BCUT2D eigenvalue weighted by Crippen LogP contribution is 2.34. The van der Waals surface area contributed by atoms with Crippen molar-refractivity contribution in [1.82, 2.24) is 0 Å². The normalized spacial score (nSPS) is 17.9. The van der Waals surface area contributed by atoms with Gasteiger partial charge < -0.3 is 15.9 Å². The van der Waals surface area contributed by atoms with Crippen molar-refractivity contribution in [3.05, 3.63) is 47.2 Å². The largest absolute Gasteiger partial charge is 0.461 e. The van der Waals surface area contributed by atoms with E-state index in [0.717, 1.165) is 23.5 Å². The van der Waals surface area contributed by atoms with E-state index in [-0.39, 0.29) is 0 Å². The van der Waals surface area contributed by atoms with E-state index in [1.807, 2.05) is 30.4 Å². The minimum absolute atomic E-state index is 0.583. The van der Waals surface area contributed by atoms with Crippen molar-refractivity contribution in [2.24, 2.45) is 0 Å². The van der Waals surface area contributed by atoms with Gasteiger partial charge in [0.1, 0.15) is 11.5 Å². The van der Waals surface area contributed by atoms with Gasteiger partial charge in [0.25, 0.3) is 0 Å². The van der Waals surface area contributed by atoms with Gasteiger partial charge >= 0.3 is 0 Å². The molecule has 1 aliphatic carbocycles. The molecule has 3 heteroatoms. The Labute approximate surface area is 93.7 Å². The maximum atomic E-state index is 7.61. The number of ether oxygens (including phenoxy) is 1. The highest BCUT2D eigenvalue weighted by Gasteiger charge is 2.21. The van der Waals surface area contributed by atoms with Gasteiger partial charge in [-0.2, -0.15) is 0 Å². The first-order valence-electron chi connectivity index (χ1n) is 5.26. The van der Waals surface area contributed by atoms with E-state index < -0.39 is 0 Å². The molecule has 1 aliphatic heterocycles. The van der Waals surface area contributed by atoms with E-state index >= 15 is 0 Å². The lowest BCUT2D eigenvalue weighted by Gasteiger charge is -2.24. The minimum Gasteiger partial charge on any atom is -0.461 e. The first-order valence-corrected chi connectivity index (χ1v) is 5.26. The molecule has 0 saturated carbocycles. The number of nitrogens with two attached hydrogens (primary N) is 1. The zero-order valence-corrected chi connectivity index (χ0v) is 8.79. The first-order chi connectivity index (χ1) is 7.72. The fourth-order valence-electron chi connectivity index (χ4n) is 2.05. The molecule has 3 rings (SSSR count). The highest BCUT2D eigenvalue weighted by molar-refractivity contribution is 5.95. The molecule has 0 spiro atoms. The van der Waals surface area contributed by atoms with E-state index in [2.05, 4.69) is 0 Å². The van der Waals surface area contributed by atoms with Crippen LogP contribution in [0.5, 0.6) is 5.75 Å². The number of hydrogen-bond acceptors (Lipinski definition) is 3. The third kappa shape index (κ3) is 1.41. The molecular weight excluding hydrogens is 200 g/mol. The van der Waals surface area contributed by atoms with Crippen molar-refractivity contribution in [2.75, 3.05) is 5.73 Å². The lowest BCUT2D eigenvalue weighted by atomic mass is 9.94. The van der Waals surface area contributed by atoms with E-state index in [4.69, 9.17) is 15.9 Å². The Kier molecular flexibility index (Phi) is 1.86. The van der Waals surface area contributed by atoms with Crippen LogP contribution in [0.2, 0.25) is 0 Å². The Balaban J connectivity index is 2.02. The van der Waals surface area contributed by atoms with Gasteiger partial charge in [-0.05, 0) is 23.3 Å². The van der Waals surface area contributed by atoms with E-state index in [9.17, 15) is 0 Å². The van der Waals surface area contributed by atoms with Crippen LogP contribution in [0.1, 0.15) is 12.0 Å². The molecule has 0 radical (unpaired) electrons. The third-order valence-electron chi connectivity index (χ3n) is 2.90. The van der Waals surface area contributed by atoms with Gasteiger partial charge in [0.2, 0.25) is 0 Å². The van der Waals surface area contributed by atoms with Crippen molar-refractivity contribution >= 4 is 11.4 Å². The first kappa shape index (κ1) is 9.21. The highest BCUT2D eigenvalue weighted by atomic mass is 16.5. The van der Waals surface area contributed by atoms with Crippen LogP contribution in [0.15, 0.2) is 41.7 Å². The molecule has 0 bridgehead atoms. The summed E-state index contributed by atoms with van der Waals surface area (Å²) in [5.74, 6) is 1.73. The lowest BCUT2D eigenvalue weighted by molar-refractivity contribution is 0.397. The molecule has 0 atom stereocenters. The zero-order valence-electron chi connectivity index (χ0n) is 8.79. The molecule has 3 N–H and O–H groups in total. The summed E-state index contributed by atoms with van der Waals surface area (Å²) < 4.78 is 5.79. The fourth-order valence-corrected chi connectivity index (χ4v) is 2.05. The molecule has 0 unspecified atom stereocenters. The second-order valence-electron chi connectivity index (χ2n) is 4.13. The van der Waals surface area contributed by atoms with Crippen molar-refractivity contribution < 1.29 is 4.74 Å². The fraction of sp³-hybridized carbons (Fsp3) is 0.154. The van der Waals surface area contributed by atoms with Crippen molar-refractivity contribution in [2.45, 2.75) is 12.8 Å². The van der Waals surface area contributed by atoms with Gasteiger partial charge in [0, 0.05) is 30.3 Å². The van der Waals surface area contributed by atoms with E-state index in [1.54, 1.807) is 0 Å². The SMILES string of the molecule is N=C1C=CC2=C(C1)Oc1cc(N)ccc1C2. The van der Waals surface area contributed by atoms with Crippen LogP contribution in [0.3, 0.4) is 0 Å². The Morgan fingerprint density at radius 1 is 1.19 bits per heavy atom. The number of hydrogen-bond donors (Lipinski definition) is 2. The molecule has 2 aliphatic rings. The Morgan fingerprint density at radius 2 is 2.06 bits per heavy atom. The van der Waals surface area contributed by atoms with Crippen LogP contribution in [0.25, 0.3) is 0 Å². The van der Waals surface area contributed by atoms with Gasteiger partial charge in [-0.25, -0.2) is 0 Å². The molecular formula is C13H12N2O. The predicted octanol–water partition coefficient (Wildman–Crippen LogP) is 2.44. The predicted molar refractivity (Wildman–Crippen MR) is 63.7 cm³/mol. The van der Waals surface area contributed by atoms with Gasteiger partial charge in [-0.1, -0.05) is 12.1 Å². The molecule has 0 fully saturated rings. The second-order valence-corrected chi connectivity index (χ2v) is 4.13. The van der Waals surface area contributed by atoms with Gasteiger partial charge in [0.15, 0.2) is 0 Å². The Hall–Kier alpha value is -2.03. The molecule has 1 aromatic carbocycles. The summed E-state index contributed by atoms with van der Waals surface area (Å²) in [7, 11) is 0. The maximum Gasteiger partial charge on any atom is 0.132 e. The number of benzene rings is 1. The molecule has 3 nitrogen and oxygen atoms in total. The van der Waals surface area contributed by atoms with Crippen molar-refractivity contribution in [1.29, 1.82) is 5.41 Å². The van der Waals surface area contributed by atoms with E-state index in [1.165, 1.54) is 5.57 Å². The van der Waals surface area contributed by atoms with Gasteiger partial charge in [0.05, 0.1) is 0 Å². The summed E-state index contributed by atoms with van der Waals surface area (Å²) in [5, 5.41) is 7.61. The van der Waals surface area contributed by atoms with Crippen LogP contribution < -0.4 is 10.5 Å². The monoisotopic (exact) mass is 212 g/mol. The maximum absolute atomic E-state index is 7.61. The van der Waals surface area contributed by atoms with E-state index in [0.29, 0.717) is 17.8 Å². The Bertz CT molecular complexity index is 541. The molecule has 1 aromatic rings. The average Bonchev–Trinajstić information content (AvgIpc) is 2.26. The van der Waals surface area contributed by atoms with Crippen LogP contribution in [0, 0.1) is 5.41 Å². The molecule has 0 amide bonds. The summed E-state index contributed by atoms with van der Waals surface area (Å²) in [6.45, 7) is 0. The molecule has 1 heterocycles. The smallest absolute Gasteiger partial charge is 0.132 e. The number of rotatable bonds is 0. The van der Waals surface area contributed by atoms with Gasteiger partial charge in [-0.15, -0.1) is 0 Å². The number of nitrogens with one attached hydrogen (secondary N) is 1. The van der Waals surface area contributed by atoms with Crippen molar-refractivity contribution in [3.63, 3.8) is 0 Å². The summed E-state index contributed by atoms with van der Waals surface area (Å²) >= 11 is 0. The summed E-state index contributed by atoms with van der Waals surface area (Å²) in [6.07, 6.45) is 5.26. The van der Waals surface area contributed by atoms with Crippen LogP contribution in [-0.4, -0.2) is 5.71 Å². The standard InChI is InChI=1S/C13H12N2O/c14-10-3-1-8-5-9-2-4-11(15)7-13(9)16-12(8)6-10/h1-4,6,15H,5,7,14H2. The van der Waals surface area contributed by atoms with Gasteiger partial charge in [-0.3, -0.25) is 0 Å². The number of fused-ring (bicyclic) bond motifs is 1. The summed E-state index contributed by atoms with van der Waals surface area (Å²) in [6, 6.07) is 5.74. The minimum atomic E-state index is 0.583. The quantitative estimate of drug-likeness (QED) is 0.649. The topological polar surface area (TPSA) is 59.1 Å². The molecule has 0 aromatic heterocycles. The van der Waals surface area contributed by atoms with Crippen molar-refractivity contribution in [3.8, 4) is 5.75 Å². The van der Waals surface area contributed by atoms with Crippen LogP contribution in [0.4, 0.5) is 5.69 Å². The number of anilines is 1. The number of nitrogen functional groups attached to an aromatic ring is 1. The molecule has 80 valence electrons. The molecule has 0 saturated heterocycles. The number of allylic oxidation sites excluding steroid dienone is 4. The average molecular weight is 212 g/mol. The molecule has 16 heavy (non-hydrogen) atoms. The summed E-state index contributed by atoms with van der Waals surface area (Å²) in [5.41, 5.74) is 9.36. The Morgan fingerprint density at radius 3 is 2.94 bits per heavy atom. The third-order valence-corrected chi connectivity index (χ3v) is 2.90.